The Hall–Kier alpha value is -1.14. The number of rotatable bonds is 10. The Labute approximate surface area is 127 Å². The SMILES string of the molecule is NCCCC[C@H](N)C(=O)OC(=O)[C@H](O)[C@@H](O)[C@H](O)[C@H](O)CO. The average molecular weight is 324 g/mol. The third kappa shape index (κ3) is 6.75. The standard InChI is InChI=1S/C12H24N2O8/c13-4-2-1-3-6(14)11(20)22-12(21)10(19)9(18)8(17)7(16)5-15/h6-10,15-19H,1-5,13-14H2/t6-,7+,8+,9-,10+/m0/s1. The molecular formula is C12H24N2O8. The summed E-state index contributed by atoms with van der Waals surface area (Å²) in [4.78, 5) is 23.0. The minimum atomic E-state index is -2.28. The molecule has 0 saturated carbocycles. The molecule has 0 aliphatic carbocycles. The Morgan fingerprint density at radius 3 is 2.09 bits per heavy atom. The van der Waals surface area contributed by atoms with E-state index in [0.717, 1.165) is 0 Å². The molecule has 0 saturated heterocycles. The molecule has 0 aliphatic heterocycles. The number of aliphatic hydroxyl groups excluding tert-OH is 5. The molecule has 10 heteroatoms. The lowest BCUT2D eigenvalue weighted by atomic mass is 10.0. The molecule has 0 amide bonds. The summed E-state index contributed by atoms with van der Waals surface area (Å²) in [7, 11) is 0. The van der Waals surface area contributed by atoms with Crippen molar-refractivity contribution in [3.63, 3.8) is 0 Å². The van der Waals surface area contributed by atoms with Gasteiger partial charge in [0.25, 0.3) is 0 Å². The van der Waals surface area contributed by atoms with Crippen LogP contribution in [0.4, 0.5) is 0 Å². The van der Waals surface area contributed by atoms with Gasteiger partial charge in [-0.15, -0.1) is 0 Å². The van der Waals surface area contributed by atoms with Crippen molar-refractivity contribution >= 4 is 11.9 Å². The first kappa shape index (κ1) is 20.9. The van der Waals surface area contributed by atoms with Crippen LogP contribution in [0, 0.1) is 0 Å². The first-order valence-corrected chi connectivity index (χ1v) is 6.80. The molecule has 0 aromatic heterocycles. The summed E-state index contributed by atoms with van der Waals surface area (Å²) in [5, 5.41) is 46.0. The maximum absolute atomic E-state index is 11.5. The van der Waals surface area contributed by atoms with Crippen LogP contribution in [-0.2, 0) is 14.3 Å². The minimum Gasteiger partial charge on any atom is -0.394 e. The van der Waals surface area contributed by atoms with Gasteiger partial charge >= 0.3 is 11.9 Å². The number of unbranched alkanes of at least 4 members (excludes halogenated alkanes) is 1. The van der Waals surface area contributed by atoms with Crippen LogP contribution in [-0.4, -0.2) is 81.1 Å². The summed E-state index contributed by atoms with van der Waals surface area (Å²) in [6.45, 7) is -0.471. The van der Waals surface area contributed by atoms with Gasteiger partial charge in [0.15, 0.2) is 6.10 Å². The fourth-order valence-electron chi connectivity index (χ4n) is 1.52. The molecule has 0 fully saturated rings. The number of hydrogen-bond donors (Lipinski definition) is 7. The quantitative estimate of drug-likeness (QED) is 0.118. The summed E-state index contributed by atoms with van der Waals surface area (Å²) in [5.74, 6) is -2.61. The molecule has 0 unspecified atom stereocenters. The Kier molecular flexibility index (Phi) is 10.0. The minimum absolute atomic E-state index is 0.230. The lowest BCUT2D eigenvalue weighted by molar-refractivity contribution is -0.177. The van der Waals surface area contributed by atoms with E-state index in [2.05, 4.69) is 4.74 Å². The second-order valence-electron chi connectivity index (χ2n) is 4.81. The molecule has 0 rings (SSSR count). The molecule has 9 N–H and O–H groups in total. The van der Waals surface area contributed by atoms with Crippen LogP contribution in [0.1, 0.15) is 19.3 Å². The Morgan fingerprint density at radius 2 is 1.59 bits per heavy atom. The van der Waals surface area contributed by atoms with Gasteiger partial charge in [0, 0.05) is 0 Å². The smallest absolute Gasteiger partial charge is 0.345 e. The van der Waals surface area contributed by atoms with Crippen LogP contribution in [0.5, 0.6) is 0 Å². The van der Waals surface area contributed by atoms with Crippen molar-refractivity contribution in [2.45, 2.75) is 49.7 Å². The van der Waals surface area contributed by atoms with Crippen molar-refractivity contribution < 1.29 is 39.9 Å². The highest BCUT2D eigenvalue weighted by Gasteiger charge is 2.36. The van der Waals surface area contributed by atoms with E-state index >= 15 is 0 Å². The molecular weight excluding hydrogens is 300 g/mol. The van der Waals surface area contributed by atoms with E-state index in [4.69, 9.17) is 21.7 Å². The van der Waals surface area contributed by atoms with E-state index in [-0.39, 0.29) is 6.42 Å². The number of carbonyl (C=O) groups excluding carboxylic acids is 2. The highest BCUT2D eigenvalue weighted by molar-refractivity contribution is 5.90. The topological polar surface area (TPSA) is 197 Å². The molecule has 10 nitrogen and oxygen atoms in total. The number of esters is 2. The molecule has 0 heterocycles. The van der Waals surface area contributed by atoms with Gasteiger partial charge in [0.1, 0.15) is 24.4 Å². The van der Waals surface area contributed by atoms with Crippen molar-refractivity contribution in [1.82, 2.24) is 0 Å². The van der Waals surface area contributed by atoms with Gasteiger partial charge in [-0.1, -0.05) is 6.42 Å². The molecule has 0 radical (unpaired) electrons. The van der Waals surface area contributed by atoms with Gasteiger partial charge in [0.05, 0.1) is 6.61 Å². The predicted octanol–water partition coefficient (Wildman–Crippen LogP) is -4.05. The maximum Gasteiger partial charge on any atom is 0.345 e. The summed E-state index contributed by atoms with van der Waals surface area (Å²) in [6, 6.07) is -1.09. The number of hydrogen-bond acceptors (Lipinski definition) is 10. The van der Waals surface area contributed by atoms with Crippen LogP contribution in [0.3, 0.4) is 0 Å². The van der Waals surface area contributed by atoms with Crippen molar-refractivity contribution in [2.24, 2.45) is 11.5 Å². The summed E-state index contributed by atoms with van der Waals surface area (Å²) in [5.41, 5.74) is 10.8. The molecule has 0 aliphatic rings. The van der Waals surface area contributed by atoms with Gasteiger partial charge in [-0.2, -0.15) is 0 Å². The third-order valence-electron chi connectivity index (χ3n) is 2.97. The van der Waals surface area contributed by atoms with Crippen LogP contribution in [0.25, 0.3) is 0 Å². The Balaban J connectivity index is 4.42. The second-order valence-corrected chi connectivity index (χ2v) is 4.81. The molecule has 5 atom stereocenters. The van der Waals surface area contributed by atoms with E-state index < -0.39 is 49.0 Å². The molecule has 0 spiro atoms. The zero-order valence-corrected chi connectivity index (χ0v) is 12.0. The predicted molar refractivity (Wildman–Crippen MR) is 73.1 cm³/mol. The summed E-state index contributed by atoms with van der Waals surface area (Å²) >= 11 is 0. The van der Waals surface area contributed by atoms with E-state index in [1.54, 1.807) is 0 Å². The monoisotopic (exact) mass is 324 g/mol. The highest BCUT2D eigenvalue weighted by Crippen LogP contribution is 2.08. The molecule has 130 valence electrons. The fraction of sp³-hybridized carbons (Fsp3) is 0.833. The van der Waals surface area contributed by atoms with E-state index in [1.807, 2.05) is 0 Å². The fourth-order valence-corrected chi connectivity index (χ4v) is 1.52. The van der Waals surface area contributed by atoms with Crippen molar-refractivity contribution in [3.05, 3.63) is 0 Å². The van der Waals surface area contributed by atoms with Gasteiger partial charge in [-0.25, -0.2) is 9.59 Å². The summed E-state index contributed by atoms with van der Waals surface area (Å²) in [6.07, 6.45) is -6.78. The van der Waals surface area contributed by atoms with Gasteiger partial charge in [0.2, 0.25) is 0 Å². The Bertz CT molecular complexity index is 354. The number of nitrogens with two attached hydrogens (primary N) is 2. The first-order chi connectivity index (χ1) is 10.3. The van der Waals surface area contributed by atoms with Gasteiger partial charge in [-0.05, 0) is 19.4 Å². The van der Waals surface area contributed by atoms with Crippen LogP contribution >= 0.6 is 0 Å². The number of ether oxygens (including phenoxy) is 1. The van der Waals surface area contributed by atoms with E-state index in [0.29, 0.717) is 19.4 Å². The Morgan fingerprint density at radius 1 is 1.00 bits per heavy atom. The van der Waals surface area contributed by atoms with Gasteiger partial charge in [-0.3, -0.25) is 0 Å². The highest BCUT2D eigenvalue weighted by atomic mass is 16.6. The lowest BCUT2D eigenvalue weighted by Crippen LogP contribution is -2.50. The third-order valence-corrected chi connectivity index (χ3v) is 2.97. The van der Waals surface area contributed by atoms with Crippen molar-refractivity contribution in [1.29, 1.82) is 0 Å². The largest absolute Gasteiger partial charge is 0.394 e. The van der Waals surface area contributed by atoms with E-state index in [9.17, 15) is 24.9 Å². The van der Waals surface area contributed by atoms with Crippen LogP contribution < -0.4 is 11.5 Å². The average Bonchev–Trinajstić information content (AvgIpc) is 2.51. The van der Waals surface area contributed by atoms with E-state index in [1.165, 1.54) is 0 Å². The van der Waals surface area contributed by atoms with Crippen LogP contribution in [0.2, 0.25) is 0 Å². The first-order valence-electron chi connectivity index (χ1n) is 6.80. The zero-order valence-electron chi connectivity index (χ0n) is 12.0. The molecule has 0 aromatic carbocycles. The number of carbonyl (C=O) groups is 2. The van der Waals surface area contributed by atoms with Crippen molar-refractivity contribution in [2.75, 3.05) is 13.2 Å². The zero-order chi connectivity index (χ0) is 17.3. The van der Waals surface area contributed by atoms with Crippen molar-refractivity contribution in [3.8, 4) is 0 Å². The normalized spacial score (nSPS) is 18.1. The number of aliphatic hydroxyl groups is 5. The summed E-state index contributed by atoms with van der Waals surface area (Å²) < 4.78 is 4.29. The molecule has 0 aromatic rings. The molecule has 0 bridgehead atoms. The van der Waals surface area contributed by atoms with Gasteiger partial charge < -0.3 is 41.7 Å². The lowest BCUT2D eigenvalue weighted by Gasteiger charge is -2.24. The molecule has 22 heavy (non-hydrogen) atoms. The maximum atomic E-state index is 11.5. The van der Waals surface area contributed by atoms with Crippen LogP contribution in [0.15, 0.2) is 0 Å². The second kappa shape index (κ2) is 10.6.